The van der Waals surface area contributed by atoms with Gasteiger partial charge in [0, 0.05) is 20.7 Å². The van der Waals surface area contributed by atoms with Gasteiger partial charge in [0.25, 0.3) is 11.1 Å². The second-order valence-corrected chi connectivity index (χ2v) is 10.4. The van der Waals surface area contributed by atoms with Crippen LogP contribution in [0.15, 0.2) is 70.0 Å². The Morgan fingerprint density at radius 2 is 1.82 bits per heavy atom. The molecule has 8 nitrogen and oxygen atoms in total. The minimum absolute atomic E-state index is 0.182. The number of carbonyl (C=O) groups is 3. The van der Waals surface area contributed by atoms with E-state index in [1.807, 2.05) is 25.1 Å². The lowest BCUT2D eigenvalue weighted by atomic mass is 10.1. The maximum atomic E-state index is 13.0. The first-order valence-electron chi connectivity index (χ1n) is 11.8. The molecular formula is C28H24BrClN2O6S. The van der Waals surface area contributed by atoms with Crippen molar-refractivity contribution < 1.29 is 28.6 Å². The molecule has 39 heavy (non-hydrogen) atoms. The Hall–Kier alpha value is -3.47. The van der Waals surface area contributed by atoms with E-state index in [0.29, 0.717) is 44.6 Å². The van der Waals surface area contributed by atoms with Crippen LogP contribution in [0.25, 0.3) is 6.08 Å². The molecule has 1 aliphatic heterocycles. The summed E-state index contributed by atoms with van der Waals surface area (Å²) in [7, 11) is 1.51. The zero-order valence-electron chi connectivity index (χ0n) is 21.0. The van der Waals surface area contributed by atoms with Crippen molar-refractivity contribution in [3.8, 4) is 17.2 Å². The number of thioether (sulfide) groups is 1. The van der Waals surface area contributed by atoms with Crippen molar-refractivity contribution >= 4 is 68.1 Å². The summed E-state index contributed by atoms with van der Waals surface area (Å²) < 4.78 is 17.4. The molecule has 3 amide bonds. The highest BCUT2D eigenvalue weighted by molar-refractivity contribution is 9.10. The van der Waals surface area contributed by atoms with E-state index < -0.39 is 23.6 Å². The molecule has 0 radical (unpaired) electrons. The number of imide groups is 1. The molecule has 1 fully saturated rings. The number of benzene rings is 3. The molecule has 1 heterocycles. The second-order valence-electron chi connectivity index (χ2n) is 8.18. The summed E-state index contributed by atoms with van der Waals surface area (Å²) in [5.74, 6) is 0.530. The first-order valence-corrected chi connectivity index (χ1v) is 13.8. The number of halogens is 2. The molecular weight excluding hydrogens is 608 g/mol. The van der Waals surface area contributed by atoms with Gasteiger partial charge < -0.3 is 19.5 Å². The molecule has 3 aromatic carbocycles. The van der Waals surface area contributed by atoms with Crippen molar-refractivity contribution in [3.05, 3.63) is 86.2 Å². The van der Waals surface area contributed by atoms with E-state index in [0.717, 1.165) is 22.2 Å². The number of amides is 3. The quantitative estimate of drug-likeness (QED) is 0.247. The average molecular weight is 632 g/mol. The van der Waals surface area contributed by atoms with Gasteiger partial charge in [0.05, 0.1) is 18.6 Å². The number of hydrogen-bond donors (Lipinski definition) is 1. The lowest BCUT2D eigenvalue weighted by molar-refractivity contribution is -0.127. The van der Waals surface area contributed by atoms with Gasteiger partial charge in [-0.2, -0.15) is 0 Å². The lowest BCUT2D eigenvalue weighted by Crippen LogP contribution is -2.36. The summed E-state index contributed by atoms with van der Waals surface area (Å²) in [6.07, 6.45) is 1.57. The summed E-state index contributed by atoms with van der Waals surface area (Å²) in [5, 5.41) is 2.75. The van der Waals surface area contributed by atoms with Crippen LogP contribution < -0.4 is 19.5 Å². The highest BCUT2D eigenvalue weighted by Crippen LogP contribution is 2.38. The molecule has 3 aromatic rings. The van der Waals surface area contributed by atoms with Crippen LogP contribution in [0.5, 0.6) is 17.2 Å². The van der Waals surface area contributed by atoms with Gasteiger partial charge in [0.2, 0.25) is 5.91 Å². The molecule has 0 aromatic heterocycles. The molecule has 1 saturated heterocycles. The van der Waals surface area contributed by atoms with Crippen molar-refractivity contribution in [3.63, 3.8) is 0 Å². The molecule has 4 rings (SSSR count). The van der Waals surface area contributed by atoms with Gasteiger partial charge in [-0.1, -0.05) is 45.7 Å². The van der Waals surface area contributed by atoms with Crippen molar-refractivity contribution in [1.29, 1.82) is 0 Å². The molecule has 1 N–H and O–H groups in total. The predicted molar refractivity (Wildman–Crippen MR) is 155 cm³/mol. The van der Waals surface area contributed by atoms with Crippen LogP contribution in [0.1, 0.15) is 18.1 Å². The maximum absolute atomic E-state index is 13.0. The molecule has 0 spiro atoms. The van der Waals surface area contributed by atoms with Crippen LogP contribution in [0.4, 0.5) is 10.5 Å². The van der Waals surface area contributed by atoms with Crippen molar-refractivity contribution in [1.82, 2.24) is 4.90 Å². The maximum Gasteiger partial charge on any atom is 0.294 e. The first kappa shape index (κ1) is 28.5. The van der Waals surface area contributed by atoms with Crippen LogP contribution in [-0.4, -0.2) is 42.2 Å². The van der Waals surface area contributed by atoms with Crippen molar-refractivity contribution in [2.75, 3.05) is 25.6 Å². The van der Waals surface area contributed by atoms with E-state index in [4.69, 9.17) is 25.8 Å². The Balaban J connectivity index is 1.44. The number of ether oxygens (including phenoxy) is 3. The third-order valence-electron chi connectivity index (χ3n) is 5.53. The van der Waals surface area contributed by atoms with Crippen LogP contribution in [0.2, 0.25) is 5.02 Å². The Labute approximate surface area is 243 Å². The minimum Gasteiger partial charge on any atom is -0.494 e. The highest BCUT2D eigenvalue weighted by Gasteiger charge is 2.36. The van der Waals surface area contributed by atoms with Crippen LogP contribution in [0.3, 0.4) is 0 Å². The summed E-state index contributed by atoms with van der Waals surface area (Å²) in [4.78, 5) is 39.2. The number of methoxy groups -OCH3 is 1. The van der Waals surface area contributed by atoms with Crippen molar-refractivity contribution in [2.45, 2.75) is 13.5 Å². The van der Waals surface area contributed by atoms with Gasteiger partial charge in [-0.15, -0.1) is 0 Å². The van der Waals surface area contributed by atoms with Crippen LogP contribution >= 0.6 is 39.3 Å². The average Bonchev–Trinajstić information content (AvgIpc) is 3.18. The van der Waals surface area contributed by atoms with Crippen LogP contribution in [0, 0.1) is 0 Å². The summed E-state index contributed by atoms with van der Waals surface area (Å²) in [6, 6.07) is 17.6. The lowest BCUT2D eigenvalue weighted by Gasteiger charge is -2.14. The molecule has 0 saturated carbocycles. The second kappa shape index (κ2) is 13.1. The van der Waals surface area contributed by atoms with Gasteiger partial charge in [-0.3, -0.25) is 19.3 Å². The predicted octanol–water partition coefficient (Wildman–Crippen LogP) is 6.76. The largest absolute Gasteiger partial charge is 0.494 e. The van der Waals surface area contributed by atoms with E-state index in [2.05, 4.69) is 21.2 Å². The van der Waals surface area contributed by atoms with Gasteiger partial charge in [0.1, 0.15) is 18.9 Å². The minimum atomic E-state index is -0.559. The molecule has 11 heteroatoms. The molecule has 1 aliphatic rings. The number of nitrogens with zero attached hydrogens (tertiary/aromatic N) is 1. The van der Waals surface area contributed by atoms with E-state index in [1.54, 1.807) is 48.5 Å². The normalized spacial score (nSPS) is 14.1. The zero-order valence-corrected chi connectivity index (χ0v) is 24.2. The molecule has 0 unspecified atom stereocenters. The molecule has 0 aliphatic carbocycles. The Kier molecular flexibility index (Phi) is 9.55. The van der Waals surface area contributed by atoms with E-state index in [1.165, 1.54) is 7.11 Å². The fourth-order valence-corrected chi connectivity index (χ4v) is 5.08. The fraction of sp³-hybridized carbons (Fsp3) is 0.179. The smallest absolute Gasteiger partial charge is 0.294 e. The highest BCUT2D eigenvalue weighted by atomic mass is 79.9. The Bertz CT molecular complexity index is 1430. The molecule has 202 valence electrons. The Morgan fingerprint density at radius 3 is 2.51 bits per heavy atom. The summed E-state index contributed by atoms with van der Waals surface area (Å²) in [6.45, 7) is 2.24. The number of hydrogen-bond acceptors (Lipinski definition) is 7. The monoisotopic (exact) mass is 630 g/mol. The van der Waals surface area contributed by atoms with Gasteiger partial charge in [-0.25, -0.2) is 0 Å². The third-order valence-corrected chi connectivity index (χ3v) is 7.50. The number of anilines is 1. The van der Waals surface area contributed by atoms with E-state index in [-0.39, 0.29) is 11.5 Å². The number of nitrogens with one attached hydrogen (secondary N) is 1. The summed E-state index contributed by atoms with van der Waals surface area (Å²) >= 11 is 10.5. The van der Waals surface area contributed by atoms with Gasteiger partial charge >= 0.3 is 0 Å². The third kappa shape index (κ3) is 7.14. The standard InChI is InChI=1S/C28H24BrClN2O6S/c1-3-37-20-10-8-19(9-11-20)31-26(33)15-32-27(34)25(39-28(32)35)13-18-12-23(36-2)24(14-21(18)29)38-16-17-6-4-5-7-22(17)30/h4-14H,3,15-16H2,1-2H3,(H,31,33)/b25-13+. The van der Waals surface area contributed by atoms with Crippen LogP contribution in [-0.2, 0) is 16.2 Å². The number of carbonyl (C=O) groups excluding carboxylic acids is 3. The molecule has 0 atom stereocenters. The van der Waals surface area contributed by atoms with Gasteiger partial charge in [-0.05, 0) is 72.8 Å². The van der Waals surface area contributed by atoms with E-state index in [9.17, 15) is 14.4 Å². The molecule has 0 bridgehead atoms. The van der Waals surface area contributed by atoms with Crippen molar-refractivity contribution in [2.24, 2.45) is 0 Å². The topological polar surface area (TPSA) is 94.2 Å². The SMILES string of the molecule is CCOc1ccc(NC(=O)CN2C(=O)S/C(=C/c3cc(OC)c(OCc4ccccc4Cl)cc3Br)C2=O)cc1. The fourth-order valence-electron chi connectivity index (χ4n) is 3.63. The van der Waals surface area contributed by atoms with Gasteiger partial charge in [0.15, 0.2) is 11.5 Å². The zero-order chi connectivity index (χ0) is 27.9. The summed E-state index contributed by atoms with van der Waals surface area (Å²) in [5.41, 5.74) is 1.95. The Morgan fingerprint density at radius 1 is 1.08 bits per heavy atom. The first-order chi connectivity index (χ1) is 18.8. The van der Waals surface area contributed by atoms with E-state index >= 15 is 0 Å². The number of rotatable bonds is 10.